The Balaban J connectivity index is 1.93. The number of hydrogen-bond acceptors (Lipinski definition) is 5. The van der Waals surface area contributed by atoms with Crippen molar-refractivity contribution in [1.29, 1.82) is 0 Å². The van der Waals surface area contributed by atoms with Crippen LogP contribution in [-0.4, -0.2) is 24.7 Å². The SMILES string of the molecule is COC(=O)c1ccc(C(O)c2cccc3c2NCC3)o1. The fourth-order valence-corrected chi connectivity index (χ4v) is 2.46. The number of aliphatic hydroxyl groups excluding tert-OH is 1. The molecule has 0 radical (unpaired) electrons. The van der Waals surface area contributed by atoms with Gasteiger partial charge in [0, 0.05) is 17.8 Å². The number of fused-ring (bicyclic) bond motifs is 1. The summed E-state index contributed by atoms with van der Waals surface area (Å²) in [6, 6.07) is 8.89. The normalized spacial score (nSPS) is 14.5. The monoisotopic (exact) mass is 273 g/mol. The first-order valence-corrected chi connectivity index (χ1v) is 6.42. The van der Waals surface area contributed by atoms with Gasteiger partial charge in [-0.1, -0.05) is 18.2 Å². The lowest BCUT2D eigenvalue weighted by Gasteiger charge is -2.13. The summed E-state index contributed by atoms with van der Waals surface area (Å²) in [6.07, 6.45) is 0.0375. The third kappa shape index (κ3) is 2.06. The van der Waals surface area contributed by atoms with Gasteiger partial charge in [-0.15, -0.1) is 0 Å². The molecule has 104 valence electrons. The summed E-state index contributed by atoms with van der Waals surface area (Å²) in [5.41, 5.74) is 2.89. The predicted molar refractivity (Wildman–Crippen MR) is 72.7 cm³/mol. The number of esters is 1. The van der Waals surface area contributed by atoms with Crippen LogP contribution >= 0.6 is 0 Å². The molecular formula is C15H15NO4. The van der Waals surface area contributed by atoms with Crippen molar-refractivity contribution in [2.45, 2.75) is 12.5 Å². The molecule has 0 bridgehead atoms. The Morgan fingerprint density at radius 2 is 2.25 bits per heavy atom. The number of methoxy groups -OCH3 is 1. The van der Waals surface area contributed by atoms with E-state index in [2.05, 4.69) is 10.1 Å². The van der Waals surface area contributed by atoms with Gasteiger partial charge < -0.3 is 19.6 Å². The highest BCUT2D eigenvalue weighted by Gasteiger charge is 2.23. The second-order valence-electron chi connectivity index (χ2n) is 4.65. The van der Waals surface area contributed by atoms with Crippen molar-refractivity contribution in [3.8, 4) is 0 Å². The average Bonchev–Trinajstić information content (AvgIpc) is 3.13. The van der Waals surface area contributed by atoms with Crippen LogP contribution in [0.4, 0.5) is 5.69 Å². The van der Waals surface area contributed by atoms with E-state index in [1.165, 1.54) is 18.7 Å². The summed E-state index contributed by atoms with van der Waals surface area (Å²) in [7, 11) is 1.29. The average molecular weight is 273 g/mol. The van der Waals surface area contributed by atoms with Crippen LogP contribution in [0, 0.1) is 0 Å². The number of furan rings is 1. The quantitative estimate of drug-likeness (QED) is 0.838. The van der Waals surface area contributed by atoms with Crippen molar-refractivity contribution in [3.05, 3.63) is 53.0 Å². The topological polar surface area (TPSA) is 71.7 Å². The first-order valence-electron chi connectivity index (χ1n) is 6.42. The minimum absolute atomic E-state index is 0.0853. The van der Waals surface area contributed by atoms with Gasteiger partial charge in [-0.05, 0) is 24.1 Å². The lowest BCUT2D eigenvalue weighted by atomic mass is 10.0. The molecule has 0 amide bonds. The van der Waals surface area contributed by atoms with E-state index in [9.17, 15) is 9.90 Å². The number of benzene rings is 1. The summed E-state index contributed by atoms with van der Waals surface area (Å²) >= 11 is 0. The molecule has 1 aromatic heterocycles. The van der Waals surface area contributed by atoms with E-state index < -0.39 is 12.1 Å². The number of carbonyl (C=O) groups excluding carboxylic acids is 1. The molecule has 5 nitrogen and oxygen atoms in total. The lowest BCUT2D eigenvalue weighted by molar-refractivity contribution is 0.0558. The predicted octanol–water partition coefficient (Wildman–Crippen LogP) is 2.12. The Bertz CT molecular complexity index is 647. The lowest BCUT2D eigenvalue weighted by Crippen LogP contribution is -2.03. The Morgan fingerprint density at radius 3 is 3.05 bits per heavy atom. The van der Waals surface area contributed by atoms with Crippen LogP contribution in [0.5, 0.6) is 0 Å². The van der Waals surface area contributed by atoms with Gasteiger partial charge in [0.2, 0.25) is 5.76 Å². The third-order valence-corrected chi connectivity index (χ3v) is 3.46. The molecule has 3 rings (SSSR count). The summed E-state index contributed by atoms with van der Waals surface area (Å²) in [5, 5.41) is 13.7. The molecule has 2 N–H and O–H groups in total. The molecular weight excluding hydrogens is 258 g/mol. The highest BCUT2D eigenvalue weighted by molar-refractivity contribution is 5.86. The Kier molecular flexibility index (Phi) is 3.20. The van der Waals surface area contributed by atoms with Crippen molar-refractivity contribution in [1.82, 2.24) is 0 Å². The van der Waals surface area contributed by atoms with Gasteiger partial charge in [0.25, 0.3) is 0 Å². The fraction of sp³-hybridized carbons (Fsp3) is 0.267. The van der Waals surface area contributed by atoms with Crippen molar-refractivity contribution < 1.29 is 19.1 Å². The highest BCUT2D eigenvalue weighted by Crippen LogP contribution is 2.34. The third-order valence-electron chi connectivity index (χ3n) is 3.46. The molecule has 1 aliphatic heterocycles. The van der Waals surface area contributed by atoms with Crippen LogP contribution in [0.25, 0.3) is 0 Å². The van der Waals surface area contributed by atoms with Gasteiger partial charge in [-0.3, -0.25) is 0 Å². The molecule has 0 fully saturated rings. The summed E-state index contributed by atoms with van der Waals surface area (Å²) in [5.74, 6) is -0.144. The minimum Gasteiger partial charge on any atom is -0.463 e. The van der Waals surface area contributed by atoms with E-state index in [-0.39, 0.29) is 5.76 Å². The van der Waals surface area contributed by atoms with Crippen LogP contribution in [0.15, 0.2) is 34.7 Å². The van der Waals surface area contributed by atoms with E-state index in [4.69, 9.17) is 4.42 Å². The number of rotatable bonds is 3. The molecule has 1 unspecified atom stereocenters. The standard InChI is InChI=1S/C15H15NO4/c1-19-15(18)12-6-5-11(20-12)14(17)10-4-2-3-9-7-8-16-13(9)10/h2-6,14,16-17H,7-8H2,1H3. The van der Waals surface area contributed by atoms with Crippen molar-refractivity contribution >= 4 is 11.7 Å². The van der Waals surface area contributed by atoms with Crippen LogP contribution in [-0.2, 0) is 11.2 Å². The van der Waals surface area contributed by atoms with Crippen LogP contribution in [0.3, 0.4) is 0 Å². The molecule has 20 heavy (non-hydrogen) atoms. The fourth-order valence-electron chi connectivity index (χ4n) is 2.46. The maximum atomic E-state index is 11.4. The van der Waals surface area contributed by atoms with Crippen molar-refractivity contribution in [3.63, 3.8) is 0 Å². The summed E-state index contributed by atoms with van der Waals surface area (Å²) in [4.78, 5) is 11.4. The zero-order valence-electron chi connectivity index (χ0n) is 11.1. The summed E-state index contributed by atoms with van der Waals surface area (Å²) in [6.45, 7) is 0.866. The van der Waals surface area contributed by atoms with E-state index in [1.54, 1.807) is 6.07 Å². The molecule has 2 heterocycles. The second-order valence-corrected chi connectivity index (χ2v) is 4.65. The molecule has 0 spiro atoms. The number of nitrogens with one attached hydrogen (secondary N) is 1. The number of anilines is 1. The molecule has 5 heteroatoms. The van der Waals surface area contributed by atoms with Crippen molar-refractivity contribution in [2.24, 2.45) is 0 Å². The van der Waals surface area contributed by atoms with Crippen molar-refractivity contribution in [2.75, 3.05) is 19.0 Å². The summed E-state index contributed by atoms with van der Waals surface area (Å²) < 4.78 is 9.94. The Hall–Kier alpha value is -2.27. The molecule has 0 saturated carbocycles. The van der Waals surface area contributed by atoms with Crippen LogP contribution in [0.2, 0.25) is 0 Å². The molecule has 1 atom stereocenters. The molecule has 2 aromatic rings. The zero-order valence-corrected chi connectivity index (χ0v) is 11.1. The first-order chi connectivity index (χ1) is 9.70. The number of ether oxygens (including phenoxy) is 1. The Morgan fingerprint density at radius 1 is 1.40 bits per heavy atom. The molecule has 1 aromatic carbocycles. The van der Waals surface area contributed by atoms with E-state index in [0.29, 0.717) is 5.76 Å². The van der Waals surface area contributed by atoms with Gasteiger partial charge in [0.15, 0.2) is 0 Å². The van der Waals surface area contributed by atoms with Gasteiger partial charge >= 0.3 is 5.97 Å². The maximum absolute atomic E-state index is 11.4. The maximum Gasteiger partial charge on any atom is 0.373 e. The van der Waals surface area contributed by atoms with Gasteiger partial charge in [0.1, 0.15) is 11.9 Å². The molecule has 1 aliphatic rings. The highest BCUT2D eigenvalue weighted by atomic mass is 16.5. The minimum atomic E-state index is -0.908. The smallest absolute Gasteiger partial charge is 0.373 e. The number of hydrogen-bond donors (Lipinski definition) is 2. The van der Waals surface area contributed by atoms with E-state index in [0.717, 1.165) is 24.2 Å². The van der Waals surface area contributed by atoms with Crippen LogP contribution in [0.1, 0.15) is 33.5 Å². The second kappa shape index (κ2) is 5.02. The number of aliphatic hydroxyl groups is 1. The van der Waals surface area contributed by atoms with E-state index in [1.807, 2.05) is 18.2 Å². The largest absolute Gasteiger partial charge is 0.463 e. The molecule has 0 aliphatic carbocycles. The van der Waals surface area contributed by atoms with Gasteiger partial charge in [-0.25, -0.2) is 4.79 Å². The van der Waals surface area contributed by atoms with E-state index >= 15 is 0 Å². The number of carbonyl (C=O) groups is 1. The van der Waals surface area contributed by atoms with Gasteiger partial charge in [-0.2, -0.15) is 0 Å². The molecule has 0 saturated heterocycles. The van der Waals surface area contributed by atoms with Crippen LogP contribution < -0.4 is 5.32 Å². The van der Waals surface area contributed by atoms with Gasteiger partial charge in [0.05, 0.1) is 7.11 Å². The number of para-hydroxylation sites is 1. The Labute approximate surface area is 116 Å². The zero-order chi connectivity index (χ0) is 14.1. The first kappa shape index (κ1) is 12.7.